The molecule has 4 heteroatoms. The number of hydrogen-bond acceptors (Lipinski definition) is 4. The molecule has 1 N–H and O–H groups in total. The van der Waals surface area contributed by atoms with Crippen molar-refractivity contribution in [1.29, 1.82) is 0 Å². The van der Waals surface area contributed by atoms with Gasteiger partial charge in [0.25, 0.3) is 0 Å². The van der Waals surface area contributed by atoms with Crippen LogP contribution in [0.25, 0.3) is 0 Å². The van der Waals surface area contributed by atoms with Gasteiger partial charge in [-0.25, -0.2) is 4.98 Å². The molecule has 0 atom stereocenters. The van der Waals surface area contributed by atoms with Gasteiger partial charge in [-0.2, -0.15) is 0 Å². The number of piperidine rings is 1. The van der Waals surface area contributed by atoms with Crippen LogP contribution < -0.4 is 10.2 Å². The van der Waals surface area contributed by atoms with Crippen molar-refractivity contribution in [1.82, 2.24) is 10.3 Å². The van der Waals surface area contributed by atoms with Crippen LogP contribution in [-0.2, 0) is 13.1 Å². The SMILES string of the molecule is Cc1ncsc1CNCc1ccc(N2CCCCC2)cc1. The lowest BCUT2D eigenvalue weighted by Gasteiger charge is -2.28. The minimum absolute atomic E-state index is 0.907. The van der Waals surface area contributed by atoms with Crippen LogP contribution in [0.5, 0.6) is 0 Å². The Balaban J connectivity index is 1.51. The van der Waals surface area contributed by atoms with Gasteiger partial charge in [-0.1, -0.05) is 12.1 Å². The van der Waals surface area contributed by atoms with Crippen LogP contribution in [0.3, 0.4) is 0 Å². The van der Waals surface area contributed by atoms with E-state index in [9.17, 15) is 0 Å². The van der Waals surface area contributed by atoms with Gasteiger partial charge in [0, 0.05) is 36.7 Å². The van der Waals surface area contributed by atoms with Crippen LogP contribution in [0.2, 0.25) is 0 Å². The Kier molecular flexibility index (Phi) is 4.88. The van der Waals surface area contributed by atoms with E-state index in [1.54, 1.807) is 11.3 Å². The first kappa shape index (κ1) is 14.5. The van der Waals surface area contributed by atoms with E-state index in [0.717, 1.165) is 18.8 Å². The second-order valence-electron chi connectivity index (χ2n) is 5.68. The fourth-order valence-corrected chi connectivity index (χ4v) is 3.54. The zero-order valence-corrected chi connectivity index (χ0v) is 13.5. The van der Waals surface area contributed by atoms with Crippen molar-refractivity contribution >= 4 is 17.0 Å². The van der Waals surface area contributed by atoms with Crippen LogP contribution in [0, 0.1) is 6.92 Å². The first-order valence-electron chi connectivity index (χ1n) is 7.76. The highest BCUT2D eigenvalue weighted by atomic mass is 32.1. The van der Waals surface area contributed by atoms with Crippen molar-refractivity contribution in [2.45, 2.75) is 39.3 Å². The molecule has 1 aromatic heterocycles. The molecule has 1 aliphatic rings. The average molecular weight is 301 g/mol. The Morgan fingerprint density at radius 2 is 1.86 bits per heavy atom. The van der Waals surface area contributed by atoms with Gasteiger partial charge in [0.2, 0.25) is 0 Å². The molecular formula is C17H23N3S. The highest BCUT2D eigenvalue weighted by molar-refractivity contribution is 7.09. The molecule has 0 spiro atoms. The topological polar surface area (TPSA) is 28.2 Å². The summed E-state index contributed by atoms with van der Waals surface area (Å²) in [5, 5.41) is 3.50. The Labute approximate surface area is 131 Å². The van der Waals surface area contributed by atoms with E-state index in [4.69, 9.17) is 0 Å². The first-order chi connectivity index (χ1) is 10.3. The van der Waals surface area contributed by atoms with E-state index >= 15 is 0 Å². The van der Waals surface area contributed by atoms with Gasteiger partial charge in [0.1, 0.15) is 0 Å². The molecule has 1 aliphatic heterocycles. The summed E-state index contributed by atoms with van der Waals surface area (Å²) < 4.78 is 0. The first-order valence-corrected chi connectivity index (χ1v) is 8.64. The largest absolute Gasteiger partial charge is 0.372 e. The number of hydrogen-bond donors (Lipinski definition) is 1. The maximum Gasteiger partial charge on any atom is 0.0798 e. The molecule has 0 saturated carbocycles. The molecule has 0 radical (unpaired) electrons. The second-order valence-corrected chi connectivity index (χ2v) is 6.62. The maximum absolute atomic E-state index is 4.28. The minimum atomic E-state index is 0.907. The summed E-state index contributed by atoms with van der Waals surface area (Å²) in [6, 6.07) is 9.02. The monoisotopic (exact) mass is 301 g/mol. The third-order valence-electron chi connectivity index (χ3n) is 4.12. The average Bonchev–Trinajstić information content (AvgIpc) is 2.94. The molecule has 2 aromatic rings. The van der Waals surface area contributed by atoms with Crippen molar-refractivity contribution in [2.24, 2.45) is 0 Å². The third kappa shape index (κ3) is 3.83. The van der Waals surface area contributed by atoms with Crippen molar-refractivity contribution < 1.29 is 0 Å². The summed E-state index contributed by atoms with van der Waals surface area (Å²) in [6.45, 7) is 6.31. The van der Waals surface area contributed by atoms with Gasteiger partial charge in [-0.05, 0) is 43.9 Å². The maximum atomic E-state index is 4.28. The van der Waals surface area contributed by atoms with Gasteiger partial charge in [0.05, 0.1) is 11.2 Å². The number of rotatable bonds is 5. The lowest BCUT2D eigenvalue weighted by molar-refractivity contribution is 0.578. The van der Waals surface area contributed by atoms with Crippen molar-refractivity contribution in [3.8, 4) is 0 Å². The van der Waals surface area contributed by atoms with Gasteiger partial charge in [-0.3, -0.25) is 0 Å². The molecular weight excluding hydrogens is 278 g/mol. The molecule has 3 nitrogen and oxygen atoms in total. The number of nitrogens with one attached hydrogen (secondary N) is 1. The number of nitrogens with zero attached hydrogens (tertiary/aromatic N) is 2. The predicted molar refractivity (Wildman–Crippen MR) is 89.9 cm³/mol. The van der Waals surface area contributed by atoms with E-state index in [2.05, 4.69) is 46.4 Å². The molecule has 0 aliphatic carbocycles. The number of anilines is 1. The summed E-state index contributed by atoms with van der Waals surface area (Å²) in [4.78, 5) is 8.11. The summed E-state index contributed by atoms with van der Waals surface area (Å²) in [5.41, 5.74) is 5.78. The summed E-state index contributed by atoms with van der Waals surface area (Å²) in [7, 11) is 0. The summed E-state index contributed by atoms with van der Waals surface area (Å²) >= 11 is 1.73. The number of benzene rings is 1. The highest BCUT2D eigenvalue weighted by Crippen LogP contribution is 2.20. The number of aryl methyl sites for hydroxylation is 1. The quantitative estimate of drug-likeness (QED) is 0.912. The van der Waals surface area contributed by atoms with E-state index in [1.165, 1.54) is 48.5 Å². The van der Waals surface area contributed by atoms with Crippen LogP contribution in [0.15, 0.2) is 29.8 Å². The third-order valence-corrected chi connectivity index (χ3v) is 5.05. The molecule has 1 aromatic carbocycles. The van der Waals surface area contributed by atoms with Gasteiger partial charge in [0.15, 0.2) is 0 Å². The lowest BCUT2D eigenvalue weighted by Crippen LogP contribution is -2.29. The minimum Gasteiger partial charge on any atom is -0.372 e. The molecule has 0 unspecified atom stereocenters. The number of aromatic nitrogens is 1. The molecule has 1 saturated heterocycles. The fourth-order valence-electron chi connectivity index (χ4n) is 2.79. The lowest BCUT2D eigenvalue weighted by atomic mass is 10.1. The van der Waals surface area contributed by atoms with Gasteiger partial charge >= 0.3 is 0 Å². The molecule has 0 bridgehead atoms. The van der Waals surface area contributed by atoms with E-state index in [0.29, 0.717) is 0 Å². The van der Waals surface area contributed by atoms with Crippen molar-refractivity contribution in [2.75, 3.05) is 18.0 Å². The normalized spacial score (nSPS) is 15.4. The summed E-state index contributed by atoms with van der Waals surface area (Å²) in [6.07, 6.45) is 4.05. The highest BCUT2D eigenvalue weighted by Gasteiger charge is 2.10. The molecule has 2 heterocycles. The smallest absolute Gasteiger partial charge is 0.0798 e. The van der Waals surface area contributed by atoms with Crippen LogP contribution in [0.4, 0.5) is 5.69 Å². The zero-order valence-electron chi connectivity index (χ0n) is 12.6. The van der Waals surface area contributed by atoms with Crippen LogP contribution in [-0.4, -0.2) is 18.1 Å². The van der Waals surface area contributed by atoms with E-state index in [-0.39, 0.29) is 0 Å². The fraction of sp³-hybridized carbons (Fsp3) is 0.471. The standard InChI is InChI=1S/C17H23N3S/c1-14-17(21-13-19-14)12-18-11-15-5-7-16(8-6-15)20-9-3-2-4-10-20/h5-8,13,18H,2-4,9-12H2,1H3. The van der Waals surface area contributed by atoms with Crippen molar-refractivity contribution in [3.63, 3.8) is 0 Å². The number of thiazole rings is 1. The van der Waals surface area contributed by atoms with Gasteiger partial charge < -0.3 is 10.2 Å². The Morgan fingerprint density at radius 3 is 2.52 bits per heavy atom. The van der Waals surface area contributed by atoms with E-state index < -0.39 is 0 Å². The molecule has 0 amide bonds. The van der Waals surface area contributed by atoms with Crippen LogP contribution in [0.1, 0.15) is 35.4 Å². The second kappa shape index (κ2) is 7.05. The Morgan fingerprint density at radius 1 is 1.10 bits per heavy atom. The Bertz CT molecular complexity index is 556. The Hall–Kier alpha value is -1.39. The summed E-state index contributed by atoms with van der Waals surface area (Å²) in [5.74, 6) is 0. The predicted octanol–water partition coefficient (Wildman–Crippen LogP) is 3.73. The molecule has 3 rings (SSSR count). The molecule has 1 fully saturated rings. The van der Waals surface area contributed by atoms with E-state index in [1.807, 2.05) is 5.51 Å². The molecule has 21 heavy (non-hydrogen) atoms. The zero-order chi connectivity index (χ0) is 14.5. The molecule has 112 valence electrons. The van der Waals surface area contributed by atoms with Crippen LogP contribution >= 0.6 is 11.3 Å². The van der Waals surface area contributed by atoms with Gasteiger partial charge in [-0.15, -0.1) is 11.3 Å². The van der Waals surface area contributed by atoms with Crippen molar-refractivity contribution in [3.05, 3.63) is 45.9 Å².